The van der Waals surface area contributed by atoms with Crippen molar-refractivity contribution < 1.29 is 19.8 Å². The second kappa shape index (κ2) is 7.20. The van der Waals surface area contributed by atoms with Gasteiger partial charge in [0.15, 0.2) is 5.69 Å². The minimum absolute atomic E-state index is 0.0199. The molecule has 0 aliphatic carbocycles. The van der Waals surface area contributed by atoms with E-state index in [1.807, 2.05) is 0 Å². The number of urea groups is 1. The number of nitrogens with zero attached hydrogens (tertiary/aromatic N) is 2. The van der Waals surface area contributed by atoms with E-state index in [0.717, 1.165) is 0 Å². The summed E-state index contributed by atoms with van der Waals surface area (Å²) in [6.45, 7) is 3.84. The number of aromatic carboxylic acids is 1. The number of rotatable bonds is 6. The summed E-state index contributed by atoms with van der Waals surface area (Å²) >= 11 is 1.19. The largest absolute Gasteiger partial charge is 0.476 e. The zero-order chi connectivity index (χ0) is 15.3. The summed E-state index contributed by atoms with van der Waals surface area (Å²) in [5.41, 5.74) is -0.0199. The SMILES string of the molecule is CC(O)CCN(C)C(=O)NC(C)c1nc(C(=O)O)cs1. The maximum Gasteiger partial charge on any atom is 0.355 e. The van der Waals surface area contributed by atoms with E-state index in [1.54, 1.807) is 20.9 Å². The normalized spacial score (nSPS) is 13.6. The molecule has 2 unspecified atom stereocenters. The van der Waals surface area contributed by atoms with Crippen LogP contribution in [-0.4, -0.2) is 51.8 Å². The van der Waals surface area contributed by atoms with Gasteiger partial charge in [-0.1, -0.05) is 0 Å². The van der Waals surface area contributed by atoms with Gasteiger partial charge < -0.3 is 20.4 Å². The van der Waals surface area contributed by atoms with E-state index in [4.69, 9.17) is 5.11 Å². The van der Waals surface area contributed by atoms with Crippen molar-refractivity contribution in [1.82, 2.24) is 15.2 Å². The third-order valence-electron chi connectivity index (χ3n) is 2.68. The molecule has 1 aromatic heterocycles. The van der Waals surface area contributed by atoms with Gasteiger partial charge in [-0.3, -0.25) is 0 Å². The molecule has 0 saturated carbocycles. The van der Waals surface area contributed by atoms with Crippen LogP contribution in [0, 0.1) is 0 Å². The highest BCUT2D eigenvalue weighted by atomic mass is 32.1. The molecule has 0 spiro atoms. The van der Waals surface area contributed by atoms with Crippen LogP contribution >= 0.6 is 11.3 Å². The zero-order valence-electron chi connectivity index (χ0n) is 11.7. The third kappa shape index (κ3) is 4.78. The molecule has 2 atom stereocenters. The first kappa shape index (κ1) is 16.4. The van der Waals surface area contributed by atoms with Crippen molar-refractivity contribution >= 4 is 23.3 Å². The summed E-state index contributed by atoms with van der Waals surface area (Å²) in [5, 5.41) is 22.7. The Morgan fingerprint density at radius 1 is 1.50 bits per heavy atom. The first-order valence-corrected chi connectivity index (χ1v) is 7.07. The summed E-state index contributed by atoms with van der Waals surface area (Å²) in [6, 6.07) is -0.653. The number of carboxylic acid groups (broad SMARTS) is 1. The van der Waals surface area contributed by atoms with Crippen LogP contribution in [0.4, 0.5) is 4.79 Å². The van der Waals surface area contributed by atoms with Gasteiger partial charge in [-0.25, -0.2) is 14.6 Å². The number of carboxylic acids is 1. The Hall–Kier alpha value is -1.67. The predicted molar refractivity (Wildman–Crippen MR) is 74.9 cm³/mol. The van der Waals surface area contributed by atoms with Crippen LogP contribution in [0.15, 0.2) is 5.38 Å². The van der Waals surface area contributed by atoms with Gasteiger partial charge in [0.2, 0.25) is 0 Å². The van der Waals surface area contributed by atoms with Gasteiger partial charge in [-0.2, -0.15) is 0 Å². The highest BCUT2D eigenvalue weighted by molar-refractivity contribution is 7.09. The number of hydrogen-bond donors (Lipinski definition) is 3. The fraction of sp³-hybridized carbons (Fsp3) is 0.583. The van der Waals surface area contributed by atoms with E-state index in [1.165, 1.54) is 21.6 Å². The van der Waals surface area contributed by atoms with Crippen molar-refractivity contribution in [2.45, 2.75) is 32.4 Å². The Morgan fingerprint density at radius 3 is 2.65 bits per heavy atom. The van der Waals surface area contributed by atoms with Crippen molar-refractivity contribution in [2.24, 2.45) is 0 Å². The van der Waals surface area contributed by atoms with Crippen LogP contribution in [0.5, 0.6) is 0 Å². The van der Waals surface area contributed by atoms with Crippen LogP contribution in [0.25, 0.3) is 0 Å². The number of hydrogen-bond acceptors (Lipinski definition) is 5. The quantitative estimate of drug-likeness (QED) is 0.735. The Bertz CT molecular complexity index is 475. The van der Waals surface area contributed by atoms with Crippen molar-refractivity contribution in [3.63, 3.8) is 0 Å². The topological polar surface area (TPSA) is 103 Å². The molecule has 8 heteroatoms. The summed E-state index contributed by atoms with van der Waals surface area (Å²) in [7, 11) is 1.63. The lowest BCUT2D eigenvalue weighted by Crippen LogP contribution is -2.39. The van der Waals surface area contributed by atoms with Gasteiger partial charge >= 0.3 is 12.0 Å². The molecule has 0 aliphatic heterocycles. The molecule has 2 amide bonds. The predicted octanol–water partition coefficient (Wildman–Crippen LogP) is 1.31. The number of aliphatic hydroxyl groups excluding tert-OH is 1. The van der Waals surface area contributed by atoms with Gasteiger partial charge in [0.25, 0.3) is 0 Å². The molecule has 7 nitrogen and oxygen atoms in total. The van der Waals surface area contributed by atoms with Crippen LogP contribution in [0.2, 0.25) is 0 Å². The molecule has 0 aromatic carbocycles. The Labute approximate surface area is 121 Å². The van der Waals surface area contributed by atoms with Gasteiger partial charge in [-0.15, -0.1) is 11.3 Å². The number of aromatic nitrogens is 1. The monoisotopic (exact) mass is 301 g/mol. The van der Waals surface area contributed by atoms with Crippen molar-refractivity contribution in [1.29, 1.82) is 0 Å². The average molecular weight is 301 g/mol. The van der Waals surface area contributed by atoms with Crippen LogP contribution < -0.4 is 5.32 Å². The highest BCUT2D eigenvalue weighted by Gasteiger charge is 2.17. The van der Waals surface area contributed by atoms with E-state index in [2.05, 4.69) is 10.3 Å². The van der Waals surface area contributed by atoms with Crippen LogP contribution in [0.3, 0.4) is 0 Å². The first-order valence-electron chi connectivity index (χ1n) is 6.19. The second-order valence-corrected chi connectivity index (χ2v) is 5.50. The molecular formula is C12H19N3O4S. The summed E-state index contributed by atoms with van der Waals surface area (Å²) < 4.78 is 0. The molecule has 1 rings (SSSR count). The van der Waals surface area contributed by atoms with Crippen molar-refractivity contribution in [2.75, 3.05) is 13.6 Å². The summed E-state index contributed by atoms with van der Waals surface area (Å²) in [4.78, 5) is 28.0. The van der Waals surface area contributed by atoms with Crippen LogP contribution in [0.1, 0.15) is 41.8 Å². The lowest BCUT2D eigenvalue weighted by Gasteiger charge is -2.21. The fourth-order valence-corrected chi connectivity index (χ4v) is 2.22. The van der Waals surface area contributed by atoms with Gasteiger partial charge in [0.1, 0.15) is 5.01 Å². The Balaban J connectivity index is 2.53. The maximum atomic E-state index is 11.9. The molecule has 0 saturated heterocycles. The smallest absolute Gasteiger partial charge is 0.355 e. The first-order chi connectivity index (χ1) is 9.31. The number of amides is 2. The highest BCUT2D eigenvalue weighted by Crippen LogP contribution is 2.18. The van der Waals surface area contributed by atoms with E-state index in [-0.39, 0.29) is 17.8 Å². The van der Waals surface area contributed by atoms with Crippen molar-refractivity contribution in [3.8, 4) is 0 Å². The van der Waals surface area contributed by atoms with E-state index in [0.29, 0.717) is 18.0 Å². The molecular weight excluding hydrogens is 282 g/mol. The van der Waals surface area contributed by atoms with E-state index in [9.17, 15) is 14.7 Å². The summed E-state index contributed by atoms with van der Waals surface area (Å²) in [6.07, 6.45) is 0.0402. The molecule has 20 heavy (non-hydrogen) atoms. The number of carbonyl (C=O) groups excluding carboxylic acids is 1. The van der Waals surface area contributed by atoms with Gasteiger partial charge in [0.05, 0.1) is 12.1 Å². The van der Waals surface area contributed by atoms with Crippen molar-refractivity contribution in [3.05, 3.63) is 16.1 Å². The molecule has 1 heterocycles. The van der Waals surface area contributed by atoms with Gasteiger partial charge in [0, 0.05) is 19.0 Å². The van der Waals surface area contributed by atoms with E-state index >= 15 is 0 Å². The molecule has 0 fully saturated rings. The Morgan fingerprint density at radius 2 is 2.15 bits per heavy atom. The molecule has 0 radical (unpaired) electrons. The average Bonchev–Trinajstić information content (AvgIpc) is 2.85. The minimum Gasteiger partial charge on any atom is -0.476 e. The molecule has 1 aromatic rings. The maximum absolute atomic E-state index is 11.9. The molecule has 0 bridgehead atoms. The molecule has 3 N–H and O–H groups in total. The molecule has 0 aliphatic rings. The standard InChI is InChI=1S/C12H19N3O4S/c1-7(16)4-5-15(3)12(19)13-8(2)10-14-9(6-20-10)11(17)18/h6-8,16H,4-5H2,1-3H3,(H,13,19)(H,17,18). The van der Waals surface area contributed by atoms with Crippen LogP contribution in [-0.2, 0) is 0 Å². The minimum atomic E-state index is -1.08. The number of nitrogens with one attached hydrogen (secondary N) is 1. The third-order valence-corrected chi connectivity index (χ3v) is 3.71. The lowest BCUT2D eigenvalue weighted by atomic mass is 10.3. The molecule has 112 valence electrons. The number of thiazole rings is 1. The van der Waals surface area contributed by atoms with E-state index < -0.39 is 12.1 Å². The zero-order valence-corrected chi connectivity index (χ0v) is 12.5. The second-order valence-electron chi connectivity index (χ2n) is 4.61. The lowest BCUT2D eigenvalue weighted by molar-refractivity contribution is 0.0691. The van der Waals surface area contributed by atoms with Gasteiger partial charge in [-0.05, 0) is 20.3 Å². The fourth-order valence-electron chi connectivity index (χ4n) is 1.42. The number of aliphatic hydroxyl groups is 1. The Kier molecular flexibility index (Phi) is 5.90. The number of carbonyl (C=O) groups is 2. The summed E-state index contributed by atoms with van der Waals surface area (Å²) in [5.74, 6) is -1.08.